The summed E-state index contributed by atoms with van der Waals surface area (Å²) in [5.41, 5.74) is 4.56. The lowest BCUT2D eigenvalue weighted by molar-refractivity contribution is -0.161. The van der Waals surface area contributed by atoms with E-state index in [1.165, 1.54) is 25.3 Å². The lowest BCUT2D eigenvalue weighted by Crippen LogP contribution is -2.36. The number of rotatable bonds is 40. The smallest absolute Gasteiger partial charge is 0.462 e. The molecule has 0 spiro atoms. The number of esters is 2. The van der Waals surface area contributed by atoms with Crippen LogP contribution in [0.25, 0.3) is 0 Å². The molecule has 0 radical (unpaired) electrons. The number of carbonyl (C=O) groups is 2. The third-order valence-corrected chi connectivity index (χ3v) is 13.2. The van der Waals surface area contributed by atoms with Gasteiger partial charge < -0.3 is 45.1 Å². The van der Waals surface area contributed by atoms with E-state index in [2.05, 4.69) is 90.0 Å². The van der Waals surface area contributed by atoms with Crippen molar-refractivity contribution in [2.75, 3.05) is 25.6 Å². The molecular formula is C54H81N3O16P2. The van der Waals surface area contributed by atoms with Gasteiger partial charge in [-0.15, -0.1) is 0 Å². The Labute approximate surface area is 442 Å². The van der Waals surface area contributed by atoms with Crippen LogP contribution < -0.4 is 11.4 Å². The van der Waals surface area contributed by atoms with E-state index in [9.17, 15) is 48.6 Å². The number of hydrogen-bond acceptors (Lipinski definition) is 16. The highest BCUT2D eigenvalue weighted by Crippen LogP contribution is 2.60. The first-order valence-electron chi connectivity index (χ1n) is 25.7. The van der Waals surface area contributed by atoms with Gasteiger partial charge in [-0.1, -0.05) is 148 Å². The van der Waals surface area contributed by atoms with Crippen LogP contribution in [-0.4, -0.2) is 96.9 Å². The fourth-order valence-corrected chi connectivity index (χ4v) is 8.79. The first-order valence-corrected chi connectivity index (χ1v) is 28.6. The minimum absolute atomic E-state index is 0.0453. The summed E-state index contributed by atoms with van der Waals surface area (Å²) in [5.74, 6) is -1.63. The molecule has 21 heteroatoms. The van der Waals surface area contributed by atoms with Gasteiger partial charge >= 0.3 is 33.3 Å². The number of nitrogen functional groups attached to an aromatic ring is 1. The minimum Gasteiger partial charge on any atom is -0.462 e. The molecule has 1 aromatic heterocycles. The van der Waals surface area contributed by atoms with Crippen molar-refractivity contribution in [2.24, 2.45) is 0 Å². The average Bonchev–Trinajstić information content (AvgIpc) is 3.64. The molecule has 1 aromatic rings. The van der Waals surface area contributed by atoms with Gasteiger partial charge in [-0.05, 0) is 89.5 Å². The normalized spacial score (nSPS) is 20.2. The Balaban J connectivity index is 1.89. The Hall–Kier alpha value is -4.88. The van der Waals surface area contributed by atoms with Gasteiger partial charge in [-0.3, -0.25) is 23.2 Å². The fraction of sp³-hybridized carbons (Fsp3) is 0.519. The number of ether oxygens (including phenoxy) is 3. The van der Waals surface area contributed by atoms with Gasteiger partial charge in [0.05, 0.1) is 19.3 Å². The molecule has 418 valence electrons. The third kappa shape index (κ3) is 33.0. The second kappa shape index (κ2) is 40.4. The molecule has 8 atom stereocenters. The van der Waals surface area contributed by atoms with Gasteiger partial charge in [-0.25, -0.2) is 13.9 Å². The van der Waals surface area contributed by atoms with Crippen LogP contribution in [0.1, 0.15) is 129 Å². The molecule has 0 aliphatic carbocycles. The Morgan fingerprint density at radius 3 is 1.87 bits per heavy atom. The molecule has 1 saturated heterocycles. The number of hydrogen-bond donors (Lipinski definition) is 6. The molecule has 19 nitrogen and oxygen atoms in total. The lowest BCUT2D eigenvalue weighted by atomic mass is 10.1. The maximum atomic E-state index is 12.9. The summed E-state index contributed by atoms with van der Waals surface area (Å²) in [6.07, 6.45) is 44.6. The summed E-state index contributed by atoms with van der Waals surface area (Å²) < 4.78 is 56.5. The second-order valence-electron chi connectivity index (χ2n) is 17.1. The summed E-state index contributed by atoms with van der Waals surface area (Å²) in [6, 6.07) is 1.23. The zero-order valence-electron chi connectivity index (χ0n) is 43.4. The van der Waals surface area contributed by atoms with Crippen molar-refractivity contribution < 1.29 is 71.4 Å². The minimum atomic E-state index is -5.50. The predicted molar refractivity (Wildman–Crippen MR) is 290 cm³/mol. The van der Waals surface area contributed by atoms with Crippen molar-refractivity contribution in [3.8, 4) is 0 Å². The van der Waals surface area contributed by atoms with Crippen LogP contribution in [0.5, 0.6) is 0 Å². The van der Waals surface area contributed by atoms with E-state index in [1.54, 1.807) is 18.2 Å². The predicted octanol–water partition coefficient (Wildman–Crippen LogP) is 9.74. The van der Waals surface area contributed by atoms with E-state index in [1.807, 2.05) is 36.5 Å². The molecule has 2 heterocycles. The standard InChI is InChI=1S/C54H81N3O16P2/c1-3-5-7-9-11-13-15-17-18-19-20-21-22-24-26-28-30-32-34-38-49(59)68-42-46(71-50(60)39-35-37-45(58)36-33-31-29-27-25-23-16-14-12-10-8-6-4-2)43-69-74(64,65)73-75(66,67)70-44-47-51(61)52(62)53(72-47)57-41-40-48(55)56-54(57)63/h6,8,11-14,17-18,20-21,23-26,29-33,36,40-41,45-47,51-53,58,61-62H,3-5,7,9-10,15-16,19,22,27-28,34-35,37-39,42-44H2,1-2H3,(H,64,65)(H,66,67)(H2,55,56,63)/b8-6-,13-11-,14-12-,18-17-,21-20-,25-23-,26-24-,31-29-,32-30-,36-33+/t45?,46-,47-,51-,52-,53-/m1/s1. The van der Waals surface area contributed by atoms with Gasteiger partial charge in [0.1, 0.15) is 30.7 Å². The summed E-state index contributed by atoms with van der Waals surface area (Å²) in [6.45, 7) is 1.73. The molecule has 0 amide bonds. The Kier molecular flexibility index (Phi) is 35.7. The molecule has 1 fully saturated rings. The van der Waals surface area contributed by atoms with E-state index >= 15 is 0 Å². The van der Waals surface area contributed by atoms with Crippen molar-refractivity contribution in [1.82, 2.24) is 9.55 Å². The Bertz CT molecular complexity index is 2250. The van der Waals surface area contributed by atoms with E-state index in [-0.39, 0.29) is 31.5 Å². The van der Waals surface area contributed by atoms with Crippen LogP contribution in [0, 0.1) is 0 Å². The molecule has 1 aliphatic heterocycles. The first kappa shape index (κ1) is 66.2. The van der Waals surface area contributed by atoms with E-state index in [0.717, 1.165) is 55.7 Å². The van der Waals surface area contributed by atoms with Crippen LogP contribution in [-0.2, 0) is 46.3 Å². The maximum Gasteiger partial charge on any atom is 0.481 e. The highest BCUT2D eigenvalue weighted by atomic mass is 31.3. The van der Waals surface area contributed by atoms with Crippen LogP contribution in [0.15, 0.2) is 139 Å². The van der Waals surface area contributed by atoms with Crippen LogP contribution in [0.4, 0.5) is 5.82 Å². The van der Waals surface area contributed by atoms with Crippen molar-refractivity contribution >= 4 is 33.4 Å². The summed E-state index contributed by atoms with van der Waals surface area (Å²) in [7, 11) is -11.0. The van der Waals surface area contributed by atoms with E-state index in [4.69, 9.17) is 29.0 Å². The first-order chi connectivity index (χ1) is 36.1. The number of aromatic nitrogens is 2. The van der Waals surface area contributed by atoms with Crippen molar-refractivity contribution in [3.05, 3.63) is 144 Å². The number of phosphoric ester groups is 2. The topological polar surface area (TPSA) is 286 Å². The fourth-order valence-electron chi connectivity index (χ4n) is 6.68. The average molecular weight is 1090 g/mol. The van der Waals surface area contributed by atoms with Crippen molar-refractivity contribution in [2.45, 2.75) is 160 Å². The number of phosphoric acid groups is 2. The quantitative estimate of drug-likeness (QED) is 0.0117. The number of aliphatic hydroxyl groups excluding tert-OH is 3. The molecule has 0 saturated carbocycles. The number of aliphatic hydroxyl groups is 3. The summed E-state index contributed by atoms with van der Waals surface area (Å²) >= 11 is 0. The zero-order valence-corrected chi connectivity index (χ0v) is 45.2. The largest absolute Gasteiger partial charge is 0.481 e. The van der Waals surface area contributed by atoms with Gasteiger partial charge in [0, 0.05) is 19.0 Å². The molecule has 2 rings (SSSR count). The van der Waals surface area contributed by atoms with E-state index < -0.39 is 89.8 Å². The monoisotopic (exact) mass is 1090 g/mol. The maximum absolute atomic E-state index is 12.9. The lowest BCUT2D eigenvalue weighted by Gasteiger charge is -2.21. The Morgan fingerprint density at radius 1 is 0.720 bits per heavy atom. The number of nitrogens with zero attached hydrogens (tertiary/aromatic N) is 2. The van der Waals surface area contributed by atoms with Gasteiger partial charge in [-0.2, -0.15) is 9.29 Å². The number of unbranched alkanes of at least 4 members (excludes halogenated alkanes) is 3. The third-order valence-electron chi connectivity index (χ3n) is 10.6. The molecule has 0 aromatic carbocycles. The Morgan fingerprint density at radius 2 is 1.28 bits per heavy atom. The number of nitrogens with two attached hydrogens (primary N) is 1. The van der Waals surface area contributed by atoms with Crippen molar-refractivity contribution in [3.63, 3.8) is 0 Å². The van der Waals surface area contributed by atoms with Gasteiger partial charge in [0.15, 0.2) is 12.3 Å². The summed E-state index contributed by atoms with van der Waals surface area (Å²) in [5, 5.41) is 31.3. The number of anilines is 1. The van der Waals surface area contributed by atoms with Gasteiger partial charge in [0.25, 0.3) is 0 Å². The second-order valence-corrected chi connectivity index (χ2v) is 20.2. The number of allylic oxidation sites excluding steroid dienone is 19. The van der Waals surface area contributed by atoms with Crippen LogP contribution in [0.3, 0.4) is 0 Å². The molecule has 3 unspecified atom stereocenters. The van der Waals surface area contributed by atoms with Crippen molar-refractivity contribution in [1.29, 1.82) is 0 Å². The highest BCUT2D eigenvalue weighted by Gasteiger charge is 2.46. The molecule has 1 aliphatic rings. The molecule has 0 bridgehead atoms. The molecule has 75 heavy (non-hydrogen) atoms. The zero-order chi connectivity index (χ0) is 55.0. The summed E-state index contributed by atoms with van der Waals surface area (Å²) in [4.78, 5) is 61.9. The molecule has 7 N–H and O–H groups in total. The molecular weight excluding hydrogens is 1010 g/mol. The van der Waals surface area contributed by atoms with Gasteiger partial charge in [0.2, 0.25) is 0 Å². The van der Waals surface area contributed by atoms with Crippen LogP contribution in [0.2, 0.25) is 0 Å². The number of carbonyl (C=O) groups excluding carboxylic acids is 2. The SMILES string of the molecule is CC/C=C\C/C=C\C/C=C\C/C=C\C=C\C(O)CCCC(=O)O[C@H](COC(=O)CC/C=C\C/C=C\C/C=C\C/C=C\C/C=C\CCCCC)COP(=O)(O)OP(=O)(O)OC[C@H]1O[C@@H](n2ccc(N)nc2=O)[C@H](O)[C@@H]1O. The highest BCUT2D eigenvalue weighted by molar-refractivity contribution is 7.61. The van der Waals surface area contributed by atoms with Crippen LogP contribution >= 0.6 is 15.6 Å². The van der Waals surface area contributed by atoms with E-state index in [0.29, 0.717) is 19.3 Å².